The van der Waals surface area contributed by atoms with Gasteiger partial charge in [0.25, 0.3) is 0 Å². The summed E-state index contributed by atoms with van der Waals surface area (Å²) in [5.74, 6) is 0.768. The second kappa shape index (κ2) is 9.33. The van der Waals surface area contributed by atoms with Crippen molar-refractivity contribution in [1.82, 2.24) is 9.80 Å². The van der Waals surface area contributed by atoms with Crippen LogP contribution in [0.4, 0.5) is 16.2 Å². The summed E-state index contributed by atoms with van der Waals surface area (Å²) in [5, 5.41) is 0. The van der Waals surface area contributed by atoms with Crippen molar-refractivity contribution in [1.29, 1.82) is 0 Å². The molecule has 2 N–H and O–H groups in total. The van der Waals surface area contributed by atoms with E-state index in [1.807, 2.05) is 25.7 Å². The Balaban J connectivity index is 1.53. The average molecular weight is 419 g/mol. The normalized spacial score (nSPS) is 19.1. The SMILES string of the molecule is CCc1cc(N2CCC(N3CCN(C(=O)OC(C)(C)C)CC3)CC2)cc(OC)c1N. The summed E-state index contributed by atoms with van der Waals surface area (Å²) >= 11 is 0. The minimum Gasteiger partial charge on any atom is -0.495 e. The molecule has 0 aliphatic carbocycles. The number of nitrogen functional groups attached to an aromatic ring is 1. The van der Waals surface area contributed by atoms with Gasteiger partial charge >= 0.3 is 6.09 Å². The van der Waals surface area contributed by atoms with E-state index < -0.39 is 5.60 Å². The van der Waals surface area contributed by atoms with Gasteiger partial charge in [0, 0.05) is 57.1 Å². The van der Waals surface area contributed by atoms with E-state index in [0.29, 0.717) is 6.04 Å². The number of nitrogens with two attached hydrogens (primary N) is 1. The van der Waals surface area contributed by atoms with Crippen LogP contribution < -0.4 is 15.4 Å². The smallest absolute Gasteiger partial charge is 0.410 e. The van der Waals surface area contributed by atoms with Gasteiger partial charge in [0.2, 0.25) is 0 Å². The number of aryl methyl sites for hydroxylation is 1. The summed E-state index contributed by atoms with van der Waals surface area (Å²) in [7, 11) is 1.68. The number of ether oxygens (including phenoxy) is 2. The molecule has 1 amide bonds. The van der Waals surface area contributed by atoms with Crippen molar-refractivity contribution in [3.05, 3.63) is 17.7 Å². The predicted octanol–water partition coefficient (Wildman–Crippen LogP) is 3.36. The molecule has 3 rings (SSSR count). The number of carbonyl (C=O) groups is 1. The maximum absolute atomic E-state index is 12.3. The topological polar surface area (TPSA) is 71.3 Å². The van der Waals surface area contributed by atoms with Gasteiger partial charge in [0.05, 0.1) is 12.8 Å². The molecule has 0 saturated carbocycles. The van der Waals surface area contributed by atoms with E-state index >= 15 is 0 Å². The Morgan fingerprint density at radius 2 is 1.73 bits per heavy atom. The third-order valence-electron chi connectivity index (χ3n) is 6.13. The van der Waals surface area contributed by atoms with Crippen LogP contribution >= 0.6 is 0 Å². The quantitative estimate of drug-likeness (QED) is 0.756. The van der Waals surface area contributed by atoms with Crippen molar-refractivity contribution >= 4 is 17.5 Å². The lowest BCUT2D eigenvalue weighted by Gasteiger charge is -2.43. The Hall–Kier alpha value is -2.15. The molecule has 2 saturated heterocycles. The van der Waals surface area contributed by atoms with Crippen molar-refractivity contribution in [3.63, 3.8) is 0 Å². The van der Waals surface area contributed by atoms with Crippen LogP contribution in [0.1, 0.15) is 46.1 Å². The molecule has 0 aromatic heterocycles. The summed E-state index contributed by atoms with van der Waals surface area (Å²) < 4.78 is 11.0. The van der Waals surface area contributed by atoms with E-state index in [-0.39, 0.29) is 6.09 Å². The monoisotopic (exact) mass is 418 g/mol. The molecule has 2 fully saturated rings. The van der Waals surface area contributed by atoms with Crippen LogP contribution in [-0.4, -0.2) is 73.9 Å². The van der Waals surface area contributed by atoms with Crippen molar-refractivity contribution in [2.45, 2.75) is 58.6 Å². The van der Waals surface area contributed by atoms with Crippen molar-refractivity contribution in [2.75, 3.05) is 57.0 Å². The number of anilines is 2. The van der Waals surface area contributed by atoms with Crippen molar-refractivity contribution < 1.29 is 14.3 Å². The number of methoxy groups -OCH3 is 1. The Morgan fingerprint density at radius 1 is 1.10 bits per heavy atom. The summed E-state index contributed by atoms with van der Waals surface area (Å²) in [6.45, 7) is 13.2. The van der Waals surface area contributed by atoms with E-state index in [4.69, 9.17) is 15.2 Å². The van der Waals surface area contributed by atoms with E-state index in [1.54, 1.807) is 7.11 Å². The fourth-order valence-electron chi connectivity index (χ4n) is 4.40. The van der Waals surface area contributed by atoms with Crippen molar-refractivity contribution in [3.8, 4) is 5.75 Å². The van der Waals surface area contributed by atoms with Crippen LogP contribution in [0.25, 0.3) is 0 Å². The van der Waals surface area contributed by atoms with E-state index in [2.05, 4.69) is 28.9 Å². The fraction of sp³-hybridized carbons (Fsp3) is 0.696. The first-order valence-electron chi connectivity index (χ1n) is 11.1. The number of piperazine rings is 1. The van der Waals surface area contributed by atoms with Gasteiger partial charge in [-0.15, -0.1) is 0 Å². The van der Waals surface area contributed by atoms with E-state index in [9.17, 15) is 4.79 Å². The third-order valence-corrected chi connectivity index (χ3v) is 6.13. The number of carbonyl (C=O) groups excluding carboxylic acids is 1. The molecular weight excluding hydrogens is 380 g/mol. The second-order valence-electron chi connectivity index (χ2n) is 9.30. The Morgan fingerprint density at radius 3 is 2.27 bits per heavy atom. The first-order valence-corrected chi connectivity index (χ1v) is 11.1. The summed E-state index contributed by atoms with van der Waals surface area (Å²) in [6.07, 6.45) is 2.95. The van der Waals surface area contributed by atoms with Gasteiger partial charge in [0.1, 0.15) is 11.4 Å². The predicted molar refractivity (Wildman–Crippen MR) is 121 cm³/mol. The molecule has 0 atom stereocenters. The van der Waals surface area contributed by atoms with Crippen molar-refractivity contribution in [2.24, 2.45) is 0 Å². The number of amides is 1. The lowest BCUT2D eigenvalue weighted by atomic mass is 10.0. The number of hydrogen-bond acceptors (Lipinski definition) is 6. The van der Waals surface area contributed by atoms with Crippen LogP contribution in [-0.2, 0) is 11.2 Å². The van der Waals surface area contributed by atoms with Crippen LogP contribution in [0.15, 0.2) is 12.1 Å². The lowest BCUT2D eigenvalue weighted by molar-refractivity contribution is 0.00902. The van der Waals surface area contributed by atoms with Crippen LogP contribution in [0.3, 0.4) is 0 Å². The fourth-order valence-corrected chi connectivity index (χ4v) is 4.40. The van der Waals surface area contributed by atoms with Crippen LogP contribution in [0, 0.1) is 0 Å². The van der Waals surface area contributed by atoms with Crippen LogP contribution in [0.5, 0.6) is 5.75 Å². The third kappa shape index (κ3) is 5.31. The number of hydrogen-bond donors (Lipinski definition) is 1. The highest BCUT2D eigenvalue weighted by Gasteiger charge is 2.31. The molecule has 1 aromatic carbocycles. The van der Waals surface area contributed by atoms with E-state index in [1.165, 1.54) is 5.69 Å². The summed E-state index contributed by atoms with van der Waals surface area (Å²) in [4.78, 5) is 19.1. The largest absolute Gasteiger partial charge is 0.495 e. The molecule has 0 radical (unpaired) electrons. The highest BCUT2D eigenvalue weighted by atomic mass is 16.6. The second-order valence-corrected chi connectivity index (χ2v) is 9.30. The Kier molecular flexibility index (Phi) is 7.01. The average Bonchev–Trinajstić information content (AvgIpc) is 2.73. The highest BCUT2D eigenvalue weighted by molar-refractivity contribution is 5.68. The maximum atomic E-state index is 12.3. The summed E-state index contributed by atoms with van der Waals surface area (Å²) in [6, 6.07) is 4.84. The van der Waals surface area contributed by atoms with E-state index in [0.717, 1.165) is 75.5 Å². The van der Waals surface area contributed by atoms with Gasteiger partial charge in [-0.1, -0.05) is 6.92 Å². The molecular formula is C23H38N4O3. The molecule has 7 heteroatoms. The molecule has 1 aromatic rings. The molecule has 0 spiro atoms. The zero-order chi connectivity index (χ0) is 21.9. The molecule has 2 heterocycles. The summed E-state index contributed by atoms with van der Waals surface area (Å²) in [5.41, 5.74) is 8.86. The van der Waals surface area contributed by atoms with Gasteiger partial charge in [-0.2, -0.15) is 0 Å². The lowest BCUT2D eigenvalue weighted by Crippen LogP contribution is -2.55. The minimum atomic E-state index is -0.441. The first kappa shape index (κ1) is 22.5. The standard InChI is InChI=1S/C23H38N4O3/c1-6-17-15-19(16-20(29-5)21(17)24)25-9-7-18(8-10-25)26-11-13-27(14-12-26)22(28)30-23(2,3)4/h15-16,18H,6-14,24H2,1-5H3. The molecule has 168 valence electrons. The number of piperidine rings is 1. The van der Waals surface area contributed by atoms with Gasteiger partial charge < -0.3 is 25.0 Å². The van der Waals surface area contributed by atoms with Gasteiger partial charge in [-0.3, -0.25) is 4.90 Å². The Bertz CT molecular complexity index is 705. The first-order chi connectivity index (χ1) is 14.2. The molecule has 30 heavy (non-hydrogen) atoms. The maximum Gasteiger partial charge on any atom is 0.410 e. The number of benzene rings is 1. The van der Waals surface area contributed by atoms with Gasteiger partial charge in [0.15, 0.2) is 0 Å². The molecule has 0 bridgehead atoms. The molecule has 0 unspecified atom stereocenters. The van der Waals surface area contributed by atoms with Gasteiger partial charge in [-0.05, 0) is 51.7 Å². The minimum absolute atomic E-state index is 0.194. The van der Waals surface area contributed by atoms with Crippen LogP contribution in [0.2, 0.25) is 0 Å². The molecule has 2 aliphatic heterocycles. The van der Waals surface area contributed by atoms with Gasteiger partial charge in [-0.25, -0.2) is 4.79 Å². The number of nitrogens with zero attached hydrogens (tertiary/aromatic N) is 3. The number of rotatable bonds is 4. The Labute approximate surface area is 181 Å². The molecule has 7 nitrogen and oxygen atoms in total. The molecule has 2 aliphatic rings. The zero-order valence-electron chi connectivity index (χ0n) is 19.2. The highest BCUT2D eigenvalue weighted by Crippen LogP contribution is 2.33. The zero-order valence-corrected chi connectivity index (χ0v) is 19.2.